The molecule has 2 rings (SSSR count). The summed E-state index contributed by atoms with van der Waals surface area (Å²) in [4.78, 5) is 3.14. The van der Waals surface area contributed by atoms with E-state index < -0.39 is 0 Å². The van der Waals surface area contributed by atoms with Crippen LogP contribution in [0.15, 0.2) is 30.5 Å². The van der Waals surface area contributed by atoms with Crippen LogP contribution in [0.5, 0.6) is 17.2 Å². The molecule has 0 aliphatic heterocycles. The summed E-state index contributed by atoms with van der Waals surface area (Å²) in [5.74, 6) is 1.86. The highest BCUT2D eigenvalue weighted by Gasteiger charge is 2.12. The van der Waals surface area contributed by atoms with Gasteiger partial charge in [0.25, 0.3) is 0 Å². The average molecular weight is 262 g/mol. The summed E-state index contributed by atoms with van der Waals surface area (Å²) in [6.07, 6.45) is 1.90. The predicted molar refractivity (Wildman–Crippen MR) is 74.2 cm³/mol. The lowest BCUT2D eigenvalue weighted by atomic mass is 10.2. The molecule has 2 aromatic rings. The van der Waals surface area contributed by atoms with Crippen LogP contribution in [0, 0.1) is 0 Å². The number of nitrogens with one attached hydrogen (secondary N) is 2. The van der Waals surface area contributed by atoms with Gasteiger partial charge in [0.2, 0.25) is 5.75 Å². The first kappa shape index (κ1) is 13.1. The maximum Gasteiger partial charge on any atom is 0.203 e. The Morgan fingerprint density at radius 2 is 1.74 bits per heavy atom. The lowest BCUT2D eigenvalue weighted by Crippen LogP contribution is -2.02. The molecular weight excluding hydrogens is 244 g/mol. The zero-order chi connectivity index (χ0) is 13.7. The van der Waals surface area contributed by atoms with Crippen molar-refractivity contribution in [2.75, 3.05) is 26.6 Å². The predicted octanol–water partition coefficient (Wildman–Crippen LogP) is 2.65. The summed E-state index contributed by atoms with van der Waals surface area (Å²) < 4.78 is 15.9. The number of hydrogen-bond donors (Lipinski definition) is 2. The zero-order valence-electron chi connectivity index (χ0n) is 11.3. The van der Waals surface area contributed by atoms with E-state index in [1.165, 1.54) is 0 Å². The van der Waals surface area contributed by atoms with Crippen LogP contribution in [0.1, 0.15) is 5.69 Å². The van der Waals surface area contributed by atoms with Crippen molar-refractivity contribution < 1.29 is 14.2 Å². The molecule has 0 unspecified atom stereocenters. The lowest BCUT2D eigenvalue weighted by Gasteiger charge is -2.14. The van der Waals surface area contributed by atoms with Crippen LogP contribution >= 0.6 is 0 Å². The molecule has 0 fully saturated rings. The molecule has 0 atom stereocenters. The Hall–Kier alpha value is -2.30. The van der Waals surface area contributed by atoms with Crippen LogP contribution in [-0.4, -0.2) is 26.3 Å². The Bertz CT molecular complexity index is 498. The van der Waals surface area contributed by atoms with E-state index in [1.807, 2.05) is 30.5 Å². The molecule has 0 radical (unpaired) electrons. The number of H-pyrrole nitrogens is 1. The molecule has 0 spiro atoms. The number of rotatable bonds is 6. The molecule has 5 nitrogen and oxygen atoms in total. The molecule has 1 aromatic carbocycles. The van der Waals surface area contributed by atoms with Crippen molar-refractivity contribution in [2.45, 2.75) is 6.54 Å². The lowest BCUT2D eigenvalue weighted by molar-refractivity contribution is 0.324. The first-order valence-electron chi connectivity index (χ1n) is 5.94. The Morgan fingerprint density at radius 3 is 2.21 bits per heavy atom. The van der Waals surface area contributed by atoms with Gasteiger partial charge in [-0.2, -0.15) is 0 Å². The number of anilines is 1. The normalized spacial score (nSPS) is 10.1. The maximum atomic E-state index is 5.30. The smallest absolute Gasteiger partial charge is 0.203 e. The third-order valence-electron chi connectivity index (χ3n) is 2.81. The van der Waals surface area contributed by atoms with E-state index in [0.717, 1.165) is 11.4 Å². The molecular formula is C14H18N2O3. The summed E-state index contributed by atoms with van der Waals surface area (Å²) >= 11 is 0. The third-order valence-corrected chi connectivity index (χ3v) is 2.81. The molecule has 0 aliphatic carbocycles. The minimum Gasteiger partial charge on any atom is -0.493 e. The molecule has 0 saturated carbocycles. The summed E-state index contributed by atoms with van der Waals surface area (Å²) in [5, 5.41) is 3.30. The van der Waals surface area contributed by atoms with E-state index in [-0.39, 0.29) is 0 Å². The molecule has 102 valence electrons. The number of benzene rings is 1. The minimum atomic E-state index is 0.593. The van der Waals surface area contributed by atoms with Gasteiger partial charge in [0.05, 0.1) is 27.9 Å². The Balaban J connectivity index is 2.20. The number of aromatic nitrogens is 1. The summed E-state index contributed by atoms with van der Waals surface area (Å²) in [7, 11) is 4.80. The van der Waals surface area contributed by atoms with Crippen LogP contribution in [0.4, 0.5) is 5.69 Å². The molecule has 1 heterocycles. The van der Waals surface area contributed by atoms with E-state index in [9.17, 15) is 0 Å². The standard InChI is InChI=1S/C14H18N2O3/c1-17-12-7-11(8-13(18-2)14(12)19-3)16-9-10-5-4-6-15-10/h4-8,15-16H,9H2,1-3H3. The van der Waals surface area contributed by atoms with E-state index in [2.05, 4.69) is 10.3 Å². The van der Waals surface area contributed by atoms with Gasteiger partial charge >= 0.3 is 0 Å². The molecule has 2 N–H and O–H groups in total. The van der Waals surface area contributed by atoms with Gasteiger partial charge in [0, 0.05) is 29.7 Å². The monoisotopic (exact) mass is 262 g/mol. The van der Waals surface area contributed by atoms with Gasteiger partial charge in [-0.3, -0.25) is 0 Å². The van der Waals surface area contributed by atoms with Crippen molar-refractivity contribution in [3.05, 3.63) is 36.2 Å². The van der Waals surface area contributed by atoms with Crippen LogP contribution in [0.25, 0.3) is 0 Å². The van der Waals surface area contributed by atoms with Gasteiger partial charge in [-0.1, -0.05) is 0 Å². The topological polar surface area (TPSA) is 55.5 Å². The fourth-order valence-electron chi connectivity index (χ4n) is 1.86. The van der Waals surface area contributed by atoms with Crippen LogP contribution in [-0.2, 0) is 6.54 Å². The van der Waals surface area contributed by atoms with Crippen molar-refractivity contribution >= 4 is 5.69 Å². The number of ether oxygens (including phenoxy) is 3. The van der Waals surface area contributed by atoms with Crippen LogP contribution < -0.4 is 19.5 Å². The summed E-state index contributed by atoms with van der Waals surface area (Å²) in [6, 6.07) is 7.74. The van der Waals surface area contributed by atoms with E-state index in [0.29, 0.717) is 23.8 Å². The zero-order valence-corrected chi connectivity index (χ0v) is 11.3. The fraction of sp³-hybridized carbons (Fsp3) is 0.286. The maximum absolute atomic E-state index is 5.30. The highest BCUT2D eigenvalue weighted by Crippen LogP contribution is 2.39. The van der Waals surface area contributed by atoms with E-state index in [4.69, 9.17) is 14.2 Å². The third kappa shape index (κ3) is 2.93. The van der Waals surface area contributed by atoms with Crippen molar-refractivity contribution in [2.24, 2.45) is 0 Å². The van der Waals surface area contributed by atoms with E-state index >= 15 is 0 Å². The number of aromatic amines is 1. The van der Waals surface area contributed by atoms with Crippen molar-refractivity contribution in [3.8, 4) is 17.2 Å². The van der Waals surface area contributed by atoms with Gasteiger partial charge in [-0.15, -0.1) is 0 Å². The fourth-order valence-corrected chi connectivity index (χ4v) is 1.86. The summed E-state index contributed by atoms with van der Waals surface area (Å²) in [6.45, 7) is 0.700. The highest BCUT2D eigenvalue weighted by atomic mass is 16.5. The van der Waals surface area contributed by atoms with Gasteiger partial charge in [0.15, 0.2) is 11.5 Å². The second-order valence-electron chi connectivity index (χ2n) is 3.96. The molecule has 1 aromatic heterocycles. The quantitative estimate of drug-likeness (QED) is 0.840. The SMILES string of the molecule is COc1cc(NCc2ccc[nH]2)cc(OC)c1OC. The molecule has 5 heteroatoms. The van der Waals surface area contributed by atoms with E-state index in [1.54, 1.807) is 21.3 Å². The molecule has 0 bridgehead atoms. The Labute approximate surface area is 112 Å². The average Bonchev–Trinajstić information content (AvgIpc) is 2.97. The molecule has 19 heavy (non-hydrogen) atoms. The molecule has 0 saturated heterocycles. The summed E-state index contributed by atoms with van der Waals surface area (Å²) in [5.41, 5.74) is 2.01. The van der Waals surface area contributed by atoms with Crippen molar-refractivity contribution in [3.63, 3.8) is 0 Å². The number of methoxy groups -OCH3 is 3. The largest absolute Gasteiger partial charge is 0.493 e. The second-order valence-corrected chi connectivity index (χ2v) is 3.96. The van der Waals surface area contributed by atoms with Crippen LogP contribution in [0.2, 0.25) is 0 Å². The van der Waals surface area contributed by atoms with Gasteiger partial charge < -0.3 is 24.5 Å². The van der Waals surface area contributed by atoms with Crippen molar-refractivity contribution in [1.29, 1.82) is 0 Å². The second kappa shape index (κ2) is 6.04. The minimum absolute atomic E-state index is 0.593. The van der Waals surface area contributed by atoms with Gasteiger partial charge in [0.1, 0.15) is 0 Å². The van der Waals surface area contributed by atoms with Crippen LogP contribution in [0.3, 0.4) is 0 Å². The number of hydrogen-bond acceptors (Lipinski definition) is 4. The Morgan fingerprint density at radius 1 is 1.05 bits per heavy atom. The van der Waals surface area contributed by atoms with Gasteiger partial charge in [-0.25, -0.2) is 0 Å². The first-order chi connectivity index (χ1) is 9.28. The van der Waals surface area contributed by atoms with Gasteiger partial charge in [-0.05, 0) is 12.1 Å². The Kier molecular flexibility index (Phi) is 4.18. The first-order valence-corrected chi connectivity index (χ1v) is 5.94. The highest BCUT2D eigenvalue weighted by molar-refractivity contribution is 5.62. The molecule has 0 aliphatic rings. The van der Waals surface area contributed by atoms with Crippen molar-refractivity contribution in [1.82, 2.24) is 4.98 Å². The molecule has 0 amide bonds.